The molecule has 0 aromatic heterocycles. The molecule has 0 unspecified atom stereocenters. The zero-order valence-corrected chi connectivity index (χ0v) is 13.2. The van der Waals surface area contributed by atoms with Crippen LogP contribution in [0.5, 0.6) is 0 Å². The van der Waals surface area contributed by atoms with E-state index >= 15 is 0 Å². The molecule has 1 aromatic carbocycles. The molecule has 118 valence electrons. The van der Waals surface area contributed by atoms with Crippen LogP contribution in [-0.2, 0) is 11.3 Å². The lowest BCUT2D eigenvalue weighted by Crippen LogP contribution is -2.33. The van der Waals surface area contributed by atoms with Gasteiger partial charge >= 0.3 is 0 Å². The van der Waals surface area contributed by atoms with Gasteiger partial charge in [-0.05, 0) is 37.5 Å². The molecule has 2 rings (SSSR count). The lowest BCUT2D eigenvalue weighted by molar-refractivity contribution is 0.199. The largest absolute Gasteiger partial charge is 0.383 e. The normalized spacial score (nSPS) is 15.6. The zero-order chi connectivity index (χ0) is 15.1. The van der Waals surface area contributed by atoms with Gasteiger partial charge in [0.15, 0.2) is 0 Å². The van der Waals surface area contributed by atoms with E-state index in [0.29, 0.717) is 19.2 Å². The second kappa shape index (κ2) is 8.35. The van der Waals surface area contributed by atoms with Crippen LogP contribution in [0.2, 0.25) is 0 Å². The van der Waals surface area contributed by atoms with Crippen LogP contribution in [0.15, 0.2) is 18.2 Å². The molecule has 0 saturated heterocycles. The van der Waals surface area contributed by atoms with Crippen molar-refractivity contribution in [1.29, 1.82) is 0 Å². The van der Waals surface area contributed by atoms with E-state index in [-0.39, 0.29) is 5.82 Å². The third kappa shape index (κ3) is 4.42. The number of ether oxygens (including phenoxy) is 1. The molecule has 0 atom stereocenters. The zero-order valence-electron chi connectivity index (χ0n) is 13.2. The van der Waals surface area contributed by atoms with Crippen molar-refractivity contribution < 1.29 is 9.13 Å². The average Bonchev–Trinajstić information content (AvgIpc) is 3.00. The summed E-state index contributed by atoms with van der Waals surface area (Å²) in [6, 6.07) is 6.13. The van der Waals surface area contributed by atoms with Gasteiger partial charge in [-0.2, -0.15) is 0 Å². The number of hydrogen-bond acceptors (Lipinski definition) is 3. The summed E-state index contributed by atoms with van der Waals surface area (Å²) in [5.74, 6) is -0.102. The molecule has 0 spiro atoms. The van der Waals surface area contributed by atoms with Gasteiger partial charge in [0.05, 0.1) is 12.3 Å². The SMILES string of the molecule is CCN(c1ccc(CNCCOC)cc1F)C1CCCC1. The van der Waals surface area contributed by atoms with Gasteiger partial charge in [0.2, 0.25) is 0 Å². The molecule has 0 bridgehead atoms. The summed E-state index contributed by atoms with van der Waals surface area (Å²) < 4.78 is 19.4. The van der Waals surface area contributed by atoms with Crippen LogP contribution in [-0.4, -0.2) is 32.8 Å². The highest BCUT2D eigenvalue weighted by Crippen LogP contribution is 2.30. The van der Waals surface area contributed by atoms with Gasteiger partial charge in [-0.15, -0.1) is 0 Å². The summed E-state index contributed by atoms with van der Waals surface area (Å²) in [6.07, 6.45) is 4.91. The van der Waals surface area contributed by atoms with Crippen molar-refractivity contribution in [3.05, 3.63) is 29.6 Å². The average molecular weight is 294 g/mol. The minimum absolute atomic E-state index is 0.102. The molecule has 0 radical (unpaired) electrons. The van der Waals surface area contributed by atoms with Crippen molar-refractivity contribution in [3.63, 3.8) is 0 Å². The van der Waals surface area contributed by atoms with Crippen molar-refractivity contribution in [1.82, 2.24) is 5.32 Å². The standard InChI is InChI=1S/C17H27FN2O/c1-3-20(15-6-4-5-7-15)17-9-8-14(12-16(17)18)13-19-10-11-21-2/h8-9,12,15,19H,3-7,10-11,13H2,1-2H3. The van der Waals surface area contributed by atoms with E-state index in [0.717, 1.165) is 24.3 Å². The second-order valence-electron chi connectivity index (χ2n) is 5.68. The first-order valence-corrected chi connectivity index (χ1v) is 8.01. The Morgan fingerprint density at radius 1 is 1.33 bits per heavy atom. The summed E-state index contributed by atoms with van der Waals surface area (Å²) in [7, 11) is 1.68. The maximum absolute atomic E-state index is 14.4. The van der Waals surface area contributed by atoms with Gasteiger partial charge in [0, 0.05) is 32.8 Å². The van der Waals surface area contributed by atoms with Gasteiger partial charge in [-0.25, -0.2) is 4.39 Å². The molecule has 3 nitrogen and oxygen atoms in total. The first kappa shape index (κ1) is 16.2. The van der Waals surface area contributed by atoms with Gasteiger partial charge < -0.3 is 15.0 Å². The Balaban J connectivity index is 2.00. The number of nitrogens with zero attached hydrogens (tertiary/aromatic N) is 1. The molecular weight excluding hydrogens is 267 g/mol. The smallest absolute Gasteiger partial charge is 0.146 e. The lowest BCUT2D eigenvalue weighted by atomic mass is 10.1. The van der Waals surface area contributed by atoms with Crippen LogP contribution < -0.4 is 10.2 Å². The number of anilines is 1. The Kier molecular flexibility index (Phi) is 6.46. The molecule has 1 aliphatic rings. The Hall–Kier alpha value is -1.13. The van der Waals surface area contributed by atoms with Crippen LogP contribution in [0, 0.1) is 5.82 Å². The van der Waals surface area contributed by atoms with Crippen LogP contribution >= 0.6 is 0 Å². The third-order valence-electron chi connectivity index (χ3n) is 4.24. The highest BCUT2D eigenvalue weighted by molar-refractivity contribution is 5.50. The van der Waals surface area contributed by atoms with Gasteiger partial charge in [0.25, 0.3) is 0 Å². The molecular formula is C17H27FN2O. The van der Waals surface area contributed by atoms with E-state index in [9.17, 15) is 4.39 Å². The summed E-state index contributed by atoms with van der Waals surface area (Å²) in [5, 5.41) is 3.24. The molecule has 1 aromatic rings. The number of hydrogen-bond donors (Lipinski definition) is 1. The van der Waals surface area contributed by atoms with E-state index < -0.39 is 0 Å². The quantitative estimate of drug-likeness (QED) is 0.744. The number of halogens is 1. The number of nitrogens with one attached hydrogen (secondary N) is 1. The fraction of sp³-hybridized carbons (Fsp3) is 0.647. The first-order chi connectivity index (χ1) is 10.3. The minimum Gasteiger partial charge on any atom is -0.383 e. The molecule has 1 saturated carbocycles. The van der Waals surface area contributed by atoms with Crippen molar-refractivity contribution in [3.8, 4) is 0 Å². The van der Waals surface area contributed by atoms with Gasteiger partial charge in [0.1, 0.15) is 5.82 Å². The molecule has 1 fully saturated rings. The first-order valence-electron chi connectivity index (χ1n) is 8.01. The second-order valence-corrected chi connectivity index (χ2v) is 5.68. The van der Waals surface area contributed by atoms with Crippen molar-refractivity contribution in [2.45, 2.75) is 45.2 Å². The Labute approximate surface area is 127 Å². The van der Waals surface area contributed by atoms with Crippen LogP contribution in [0.4, 0.5) is 10.1 Å². The molecule has 4 heteroatoms. The van der Waals surface area contributed by atoms with Gasteiger partial charge in [-0.3, -0.25) is 0 Å². The van der Waals surface area contributed by atoms with Crippen LogP contribution in [0.1, 0.15) is 38.2 Å². The minimum atomic E-state index is -0.102. The van der Waals surface area contributed by atoms with E-state index in [1.807, 2.05) is 12.1 Å². The highest BCUT2D eigenvalue weighted by Gasteiger charge is 2.23. The highest BCUT2D eigenvalue weighted by atomic mass is 19.1. The maximum Gasteiger partial charge on any atom is 0.146 e. The fourth-order valence-electron chi connectivity index (χ4n) is 3.14. The summed E-state index contributed by atoms with van der Waals surface area (Å²) in [5.41, 5.74) is 1.74. The molecule has 0 amide bonds. The summed E-state index contributed by atoms with van der Waals surface area (Å²) in [4.78, 5) is 2.23. The Bertz CT molecular complexity index is 433. The number of methoxy groups -OCH3 is 1. The van der Waals surface area contributed by atoms with E-state index in [2.05, 4.69) is 17.1 Å². The summed E-state index contributed by atoms with van der Waals surface area (Å²) >= 11 is 0. The fourth-order valence-corrected chi connectivity index (χ4v) is 3.14. The van der Waals surface area contributed by atoms with Crippen molar-refractivity contribution in [2.24, 2.45) is 0 Å². The number of rotatable bonds is 8. The summed E-state index contributed by atoms with van der Waals surface area (Å²) in [6.45, 7) is 5.11. The molecule has 0 heterocycles. The topological polar surface area (TPSA) is 24.5 Å². The van der Waals surface area contributed by atoms with Crippen LogP contribution in [0.25, 0.3) is 0 Å². The Morgan fingerprint density at radius 3 is 2.71 bits per heavy atom. The third-order valence-corrected chi connectivity index (χ3v) is 4.24. The maximum atomic E-state index is 14.4. The van der Waals surface area contributed by atoms with Crippen LogP contribution in [0.3, 0.4) is 0 Å². The van der Waals surface area contributed by atoms with E-state index in [4.69, 9.17) is 4.74 Å². The monoisotopic (exact) mass is 294 g/mol. The van der Waals surface area contributed by atoms with Gasteiger partial charge in [-0.1, -0.05) is 18.9 Å². The molecule has 1 aliphatic carbocycles. The number of benzene rings is 1. The van der Waals surface area contributed by atoms with E-state index in [1.54, 1.807) is 13.2 Å². The van der Waals surface area contributed by atoms with Crippen molar-refractivity contribution in [2.75, 3.05) is 31.7 Å². The van der Waals surface area contributed by atoms with E-state index in [1.165, 1.54) is 25.7 Å². The molecule has 0 aliphatic heterocycles. The lowest BCUT2D eigenvalue weighted by Gasteiger charge is -2.30. The van der Waals surface area contributed by atoms with Crippen molar-refractivity contribution >= 4 is 5.69 Å². The predicted octanol–water partition coefficient (Wildman–Crippen LogP) is 3.33. The Morgan fingerprint density at radius 2 is 2.10 bits per heavy atom. The molecule has 1 N–H and O–H groups in total. The predicted molar refractivity (Wildman–Crippen MR) is 85.3 cm³/mol. The molecule has 21 heavy (non-hydrogen) atoms.